The van der Waals surface area contributed by atoms with Gasteiger partial charge in [-0.15, -0.1) is 0 Å². The van der Waals surface area contributed by atoms with Crippen LogP contribution < -0.4 is 10.1 Å². The molecule has 1 aromatic carbocycles. The maximum absolute atomic E-state index is 5.68. The van der Waals surface area contributed by atoms with E-state index in [4.69, 9.17) is 4.74 Å². The van der Waals surface area contributed by atoms with Gasteiger partial charge in [-0.2, -0.15) is 0 Å². The topological polar surface area (TPSA) is 21.3 Å². The average molecular weight is 205 g/mol. The van der Waals surface area contributed by atoms with Gasteiger partial charge in [0, 0.05) is 5.56 Å². The van der Waals surface area contributed by atoms with Crippen molar-refractivity contribution in [1.29, 1.82) is 0 Å². The highest BCUT2D eigenvalue weighted by atomic mass is 16.5. The first-order valence-corrected chi connectivity index (χ1v) is 5.69. The highest BCUT2D eigenvalue weighted by Gasteiger charge is 2.23. The van der Waals surface area contributed by atoms with Gasteiger partial charge in [-0.1, -0.05) is 13.0 Å². The van der Waals surface area contributed by atoms with E-state index in [-0.39, 0.29) is 0 Å². The zero-order valence-corrected chi connectivity index (χ0v) is 9.76. The van der Waals surface area contributed by atoms with Crippen LogP contribution in [0.3, 0.4) is 0 Å². The van der Waals surface area contributed by atoms with Crippen LogP contribution in [0.4, 0.5) is 0 Å². The van der Waals surface area contributed by atoms with E-state index in [1.807, 2.05) is 0 Å². The van der Waals surface area contributed by atoms with Crippen molar-refractivity contribution >= 4 is 0 Å². The van der Waals surface area contributed by atoms with Gasteiger partial charge in [-0.3, -0.25) is 0 Å². The molecule has 0 fully saturated rings. The lowest BCUT2D eigenvalue weighted by Gasteiger charge is -2.11. The van der Waals surface area contributed by atoms with Gasteiger partial charge in [-0.25, -0.2) is 0 Å². The summed E-state index contributed by atoms with van der Waals surface area (Å²) in [4.78, 5) is 0. The highest BCUT2D eigenvalue weighted by molar-refractivity contribution is 5.45. The Labute approximate surface area is 91.6 Å². The van der Waals surface area contributed by atoms with Crippen LogP contribution in [0, 0.1) is 13.8 Å². The average Bonchev–Trinajstić information content (AvgIpc) is 2.59. The molecule has 2 nitrogen and oxygen atoms in total. The highest BCUT2D eigenvalue weighted by Crippen LogP contribution is 2.34. The van der Waals surface area contributed by atoms with Gasteiger partial charge in [0.1, 0.15) is 12.4 Å². The van der Waals surface area contributed by atoms with Crippen molar-refractivity contribution in [2.75, 3.05) is 13.2 Å². The molecule has 1 atom stereocenters. The molecule has 15 heavy (non-hydrogen) atoms. The molecule has 1 N–H and O–H groups in total. The molecule has 0 amide bonds. The molecule has 1 aromatic rings. The number of hydrogen-bond acceptors (Lipinski definition) is 2. The smallest absolute Gasteiger partial charge is 0.124 e. The maximum atomic E-state index is 5.68. The molecule has 1 aliphatic rings. The van der Waals surface area contributed by atoms with Crippen LogP contribution in [-0.4, -0.2) is 13.2 Å². The molecule has 0 spiro atoms. The molecule has 0 saturated carbocycles. The fourth-order valence-corrected chi connectivity index (χ4v) is 1.96. The van der Waals surface area contributed by atoms with Gasteiger partial charge in [0.2, 0.25) is 0 Å². The number of nitrogens with one attached hydrogen (secondary N) is 1. The first-order valence-electron chi connectivity index (χ1n) is 5.69. The van der Waals surface area contributed by atoms with Gasteiger partial charge < -0.3 is 10.1 Å². The Morgan fingerprint density at radius 2 is 2.07 bits per heavy atom. The fourth-order valence-electron chi connectivity index (χ4n) is 1.96. The molecule has 0 saturated heterocycles. The van der Waals surface area contributed by atoms with Gasteiger partial charge in [-0.05, 0) is 44.0 Å². The van der Waals surface area contributed by atoms with Gasteiger partial charge in [0.25, 0.3) is 0 Å². The second-order valence-corrected chi connectivity index (χ2v) is 4.29. The molecule has 2 heteroatoms. The third kappa shape index (κ3) is 2.00. The number of rotatable bonds is 3. The van der Waals surface area contributed by atoms with Gasteiger partial charge >= 0.3 is 0 Å². The lowest BCUT2D eigenvalue weighted by molar-refractivity contribution is 0.311. The monoisotopic (exact) mass is 205 g/mol. The van der Waals surface area contributed by atoms with E-state index in [0.29, 0.717) is 6.04 Å². The van der Waals surface area contributed by atoms with Gasteiger partial charge in [0.05, 0.1) is 6.04 Å². The Hall–Kier alpha value is -1.02. The Balaban J connectivity index is 2.22. The van der Waals surface area contributed by atoms with Crippen molar-refractivity contribution in [2.45, 2.75) is 33.2 Å². The molecule has 0 aromatic heterocycles. The number of benzene rings is 1. The van der Waals surface area contributed by atoms with Crippen LogP contribution in [0.1, 0.15) is 36.1 Å². The van der Waals surface area contributed by atoms with E-state index in [1.165, 1.54) is 16.7 Å². The van der Waals surface area contributed by atoms with Crippen LogP contribution in [0.2, 0.25) is 0 Å². The summed E-state index contributed by atoms with van der Waals surface area (Å²) in [6.07, 6.45) is 1.16. The lowest BCUT2D eigenvalue weighted by atomic mass is 10.0. The molecule has 1 heterocycles. The Kier molecular flexibility index (Phi) is 2.96. The van der Waals surface area contributed by atoms with Crippen LogP contribution in [-0.2, 0) is 0 Å². The summed E-state index contributed by atoms with van der Waals surface area (Å²) in [5, 5.41) is 3.51. The lowest BCUT2D eigenvalue weighted by Crippen LogP contribution is -2.23. The zero-order chi connectivity index (χ0) is 10.8. The third-order valence-corrected chi connectivity index (χ3v) is 3.05. The van der Waals surface area contributed by atoms with E-state index >= 15 is 0 Å². The standard InChI is InChI=1S/C13H19NO/c1-4-5-14-12-8-15-13-7-10(3)9(2)6-11(12)13/h6-7,12,14H,4-5,8H2,1-3H3. The molecule has 0 bridgehead atoms. The normalized spacial score (nSPS) is 18.7. The Morgan fingerprint density at radius 1 is 1.33 bits per heavy atom. The van der Waals surface area contributed by atoms with E-state index in [1.54, 1.807) is 0 Å². The number of aryl methyl sites for hydroxylation is 2. The molecule has 1 unspecified atom stereocenters. The summed E-state index contributed by atoms with van der Waals surface area (Å²) >= 11 is 0. The fraction of sp³-hybridized carbons (Fsp3) is 0.538. The number of fused-ring (bicyclic) bond motifs is 1. The zero-order valence-electron chi connectivity index (χ0n) is 9.76. The van der Waals surface area contributed by atoms with Crippen molar-refractivity contribution < 1.29 is 4.74 Å². The Morgan fingerprint density at radius 3 is 2.80 bits per heavy atom. The largest absolute Gasteiger partial charge is 0.491 e. The van der Waals surface area contributed by atoms with E-state index in [0.717, 1.165) is 25.3 Å². The van der Waals surface area contributed by atoms with Crippen molar-refractivity contribution in [3.63, 3.8) is 0 Å². The van der Waals surface area contributed by atoms with Crippen molar-refractivity contribution in [2.24, 2.45) is 0 Å². The van der Waals surface area contributed by atoms with Gasteiger partial charge in [0.15, 0.2) is 0 Å². The van der Waals surface area contributed by atoms with Crippen molar-refractivity contribution in [3.8, 4) is 5.75 Å². The summed E-state index contributed by atoms with van der Waals surface area (Å²) in [7, 11) is 0. The van der Waals surface area contributed by atoms with E-state index < -0.39 is 0 Å². The summed E-state index contributed by atoms with van der Waals surface area (Å²) in [5.74, 6) is 1.06. The van der Waals surface area contributed by atoms with Crippen LogP contribution in [0.15, 0.2) is 12.1 Å². The first kappa shape index (κ1) is 10.5. The minimum absolute atomic E-state index is 0.388. The Bertz CT molecular complexity index is 360. The maximum Gasteiger partial charge on any atom is 0.124 e. The second kappa shape index (κ2) is 4.23. The predicted molar refractivity (Wildman–Crippen MR) is 62.4 cm³/mol. The minimum Gasteiger partial charge on any atom is -0.491 e. The van der Waals surface area contributed by atoms with E-state index in [9.17, 15) is 0 Å². The summed E-state index contributed by atoms with van der Waals surface area (Å²) in [6.45, 7) is 8.30. The molecule has 0 aliphatic carbocycles. The SMILES string of the molecule is CCCNC1COc2cc(C)c(C)cc21. The number of ether oxygens (including phenoxy) is 1. The molecular formula is C13H19NO. The summed E-state index contributed by atoms with van der Waals surface area (Å²) in [5.41, 5.74) is 3.99. The number of hydrogen-bond donors (Lipinski definition) is 1. The third-order valence-electron chi connectivity index (χ3n) is 3.05. The van der Waals surface area contributed by atoms with Crippen LogP contribution in [0.25, 0.3) is 0 Å². The molecule has 0 radical (unpaired) electrons. The molecule has 2 rings (SSSR count). The van der Waals surface area contributed by atoms with Crippen molar-refractivity contribution in [3.05, 3.63) is 28.8 Å². The second-order valence-electron chi connectivity index (χ2n) is 4.29. The van der Waals surface area contributed by atoms with Crippen LogP contribution >= 0.6 is 0 Å². The first-order chi connectivity index (χ1) is 7.22. The molecular weight excluding hydrogens is 186 g/mol. The van der Waals surface area contributed by atoms with E-state index in [2.05, 4.69) is 38.2 Å². The molecule has 82 valence electrons. The van der Waals surface area contributed by atoms with Crippen LogP contribution in [0.5, 0.6) is 5.75 Å². The summed E-state index contributed by atoms with van der Waals surface area (Å²) in [6, 6.07) is 4.79. The summed E-state index contributed by atoms with van der Waals surface area (Å²) < 4.78 is 5.68. The quantitative estimate of drug-likeness (QED) is 0.819. The predicted octanol–water partition coefficient (Wildman–Crippen LogP) is 2.74. The minimum atomic E-state index is 0.388. The molecule has 1 aliphatic heterocycles. The van der Waals surface area contributed by atoms with Crippen molar-refractivity contribution in [1.82, 2.24) is 5.32 Å².